The Hall–Kier alpha value is -2.90. The van der Waals surface area contributed by atoms with E-state index in [0.29, 0.717) is 30.3 Å². The number of likely N-dealkylation sites (tertiary alicyclic amines) is 1. The number of hydrogen-bond acceptors (Lipinski definition) is 5. The molecule has 0 spiro atoms. The summed E-state index contributed by atoms with van der Waals surface area (Å²) in [4.78, 5) is 39.9. The molecule has 0 bridgehead atoms. The summed E-state index contributed by atoms with van der Waals surface area (Å²) in [6.45, 7) is 12.3. The minimum absolute atomic E-state index is 0.0486. The van der Waals surface area contributed by atoms with Crippen LogP contribution < -0.4 is 10.9 Å². The summed E-state index contributed by atoms with van der Waals surface area (Å²) in [6, 6.07) is 6.77. The van der Waals surface area contributed by atoms with Crippen LogP contribution in [0.4, 0.5) is 4.79 Å². The number of carbonyl (C=O) groups excluding carboxylic acids is 2. The topological polar surface area (TPSA) is 93.5 Å². The molecule has 0 aliphatic carbocycles. The molecule has 2 atom stereocenters. The Labute approximate surface area is 182 Å². The van der Waals surface area contributed by atoms with E-state index < -0.39 is 5.60 Å². The Balaban J connectivity index is 1.78. The molecule has 1 aliphatic rings. The summed E-state index contributed by atoms with van der Waals surface area (Å²) < 4.78 is 6.82. The summed E-state index contributed by atoms with van der Waals surface area (Å²) in [5.74, 6) is -0.263. The lowest BCUT2D eigenvalue weighted by molar-refractivity contribution is 0.0145. The van der Waals surface area contributed by atoms with Gasteiger partial charge in [0, 0.05) is 24.5 Å². The van der Waals surface area contributed by atoms with E-state index in [4.69, 9.17) is 4.74 Å². The molecule has 2 aromatic rings. The standard InChI is InChI=1S/C23H32N4O4/c1-14(2)27-21(29)17-10-8-7-9-16(17)19(25-27)20(28)24-18-11-12-26(13-15(18)3)22(30)31-23(4,5)6/h7-10,14-15,18H,11-13H2,1-6H3,(H,24,28)/t15-,18+/m0/s1. The van der Waals surface area contributed by atoms with Gasteiger partial charge in [0.2, 0.25) is 0 Å². The number of fused-ring (bicyclic) bond motifs is 1. The molecule has 0 unspecified atom stereocenters. The van der Waals surface area contributed by atoms with E-state index in [1.54, 1.807) is 29.2 Å². The molecule has 31 heavy (non-hydrogen) atoms. The minimum atomic E-state index is -0.544. The first-order valence-corrected chi connectivity index (χ1v) is 10.8. The van der Waals surface area contributed by atoms with Gasteiger partial charge in [0.25, 0.3) is 11.5 Å². The van der Waals surface area contributed by atoms with Crippen LogP contribution in [0.15, 0.2) is 29.1 Å². The quantitative estimate of drug-likeness (QED) is 0.809. The molecule has 0 radical (unpaired) electrons. The number of piperidine rings is 1. The Morgan fingerprint density at radius 3 is 2.42 bits per heavy atom. The molecule has 1 saturated heterocycles. The number of benzene rings is 1. The number of rotatable bonds is 3. The van der Waals surface area contributed by atoms with E-state index >= 15 is 0 Å². The van der Waals surface area contributed by atoms with Crippen LogP contribution in [-0.4, -0.2) is 51.4 Å². The third-order valence-electron chi connectivity index (χ3n) is 5.41. The SMILES string of the molecule is CC(C)n1nc(C(=O)N[C@@H]2CCN(C(=O)OC(C)(C)C)C[C@@H]2C)c2ccccc2c1=O. The molecule has 2 heterocycles. The first kappa shape index (κ1) is 22.8. The van der Waals surface area contributed by atoms with Crippen molar-refractivity contribution in [2.24, 2.45) is 5.92 Å². The minimum Gasteiger partial charge on any atom is -0.444 e. The van der Waals surface area contributed by atoms with E-state index in [-0.39, 0.29) is 41.3 Å². The van der Waals surface area contributed by atoms with E-state index in [2.05, 4.69) is 10.4 Å². The van der Waals surface area contributed by atoms with Crippen LogP contribution in [0.3, 0.4) is 0 Å². The van der Waals surface area contributed by atoms with E-state index in [0.717, 1.165) is 0 Å². The van der Waals surface area contributed by atoms with Gasteiger partial charge >= 0.3 is 6.09 Å². The van der Waals surface area contributed by atoms with Crippen molar-refractivity contribution in [3.63, 3.8) is 0 Å². The largest absolute Gasteiger partial charge is 0.444 e. The van der Waals surface area contributed by atoms with E-state index in [9.17, 15) is 14.4 Å². The Bertz CT molecular complexity index is 1040. The number of nitrogens with one attached hydrogen (secondary N) is 1. The van der Waals surface area contributed by atoms with Crippen LogP contribution in [-0.2, 0) is 4.74 Å². The average Bonchev–Trinajstić information content (AvgIpc) is 2.68. The number of nitrogens with zero attached hydrogens (tertiary/aromatic N) is 3. The molecule has 8 nitrogen and oxygen atoms in total. The van der Waals surface area contributed by atoms with E-state index in [1.165, 1.54) is 4.68 Å². The maximum atomic E-state index is 13.2. The van der Waals surface area contributed by atoms with Gasteiger partial charge in [-0.05, 0) is 53.0 Å². The lowest BCUT2D eigenvalue weighted by Gasteiger charge is -2.37. The highest BCUT2D eigenvalue weighted by Crippen LogP contribution is 2.21. The van der Waals surface area contributed by atoms with Gasteiger partial charge in [-0.15, -0.1) is 0 Å². The van der Waals surface area contributed by atoms with Gasteiger partial charge in [-0.25, -0.2) is 9.48 Å². The number of carbonyl (C=O) groups is 2. The second kappa shape index (κ2) is 8.69. The van der Waals surface area contributed by atoms with Crippen LogP contribution >= 0.6 is 0 Å². The van der Waals surface area contributed by atoms with Gasteiger partial charge in [-0.2, -0.15) is 5.10 Å². The molecule has 1 aromatic carbocycles. The second-order valence-electron chi connectivity index (χ2n) is 9.51. The highest BCUT2D eigenvalue weighted by atomic mass is 16.6. The zero-order valence-electron chi connectivity index (χ0n) is 19.1. The summed E-state index contributed by atoms with van der Waals surface area (Å²) in [6.07, 6.45) is 0.286. The van der Waals surface area contributed by atoms with E-state index in [1.807, 2.05) is 41.5 Å². The smallest absolute Gasteiger partial charge is 0.410 e. The Morgan fingerprint density at radius 2 is 1.84 bits per heavy atom. The van der Waals surface area contributed by atoms with Crippen LogP contribution in [0.25, 0.3) is 10.8 Å². The Kier molecular flexibility index (Phi) is 6.38. The van der Waals surface area contributed by atoms with Gasteiger partial charge in [-0.3, -0.25) is 9.59 Å². The number of amides is 2. The third kappa shape index (κ3) is 5.06. The molecule has 168 valence electrons. The summed E-state index contributed by atoms with van der Waals surface area (Å²) in [5, 5.41) is 8.47. The first-order chi connectivity index (χ1) is 14.5. The lowest BCUT2D eigenvalue weighted by atomic mass is 9.94. The van der Waals surface area contributed by atoms with Crippen molar-refractivity contribution in [3.05, 3.63) is 40.3 Å². The molecule has 2 amide bonds. The molecule has 0 saturated carbocycles. The highest BCUT2D eigenvalue weighted by Gasteiger charge is 2.32. The summed E-state index contributed by atoms with van der Waals surface area (Å²) >= 11 is 0. The van der Waals surface area contributed by atoms with Gasteiger partial charge < -0.3 is 15.0 Å². The monoisotopic (exact) mass is 428 g/mol. The van der Waals surface area contributed by atoms with Crippen LogP contribution in [0.5, 0.6) is 0 Å². The summed E-state index contributed by atoms with van der Waals surface area (Å²) in [7, 11) is 0. The molecule has 1 aliphatic heterocycles. The van der Waals surface area contributed by atoms with Crippen molar-refractivity contribution in [1.29, 1.82) is 0 Å². The molecule has 8 heteroatoms. The number of hydrogen-bond donors (Lipinski definition) is 1. The van der Waals surface area contributed by atoms with Gasteiger partial charge in [0.15, 0.2) is 5.69 Å². The predicted molar refractivity (Wildman–Crippen MR) is 119 cm³/mol. The maximum absolute atomic E-state index is 13.2. The predicted octanol–water partition coefficient (Wildman–Crippen LogP) is 3.35. The zero-order valence-corrected chi connectivity index (χ0v) is 19.1. The average molecular weight is 429 g/mol. The number of aromatic nitrogens is 2. The van der Waals surface area contributed by atoms with Gasteiger partial charge in [0.05, 0.1) is 11.4 Å². The number of ether oxygens (including phenoxy) is 1. The van der Waals surface area contributed by atoms with Crippen molar-refractivity contribution >= 4 is 22.8 Å². The van der Waals surface area contributed by atoms with Gasteiger partial charge in [-0.1, -0.05) is 25.1 Å². The highest BCUT2D eigenvalue weighted by molar-refractivity contribution is 6.04. The molecule has 1 aromatic heterocycles. The molecule has 1 fully saturated rings. The third-order valence-corrected chi connectivity index (χ3v) is 5.41. The molecular weight excluding hydrogens is 396 g/mol. The van der Waals surface area contributed by atoms with Crippen LogP contribution in [0.2, 0.25) is 0 Å². The van der Waals surface area contributed by atoms with Crippen LogP contribution in [0.1, 0.15) is 64.5 Å². The molecule has 3 rings (SSSR count). The van der Waals surface area contributed by atoms with Crippen molar-refractivity contribution in [2.75, 3.05) is 13.1 Å². The molecule has 1 N–H and O–H groups in total. The van der Waals surface area contributed by atoms with Crippen molar-refractivity contribution in [3.8, 4) is 0 Å². The normalized spacial score (nSPS) is 19.5. The fraction of sp³-hybridized carbons (Fsp3) is 0.565. The zero-order chi connectivity index (χ0) is 22.9. The van der Waals surface area contributed by atoms with Crippen molar-refractivity contribution in [1.82, 2.24) is 20.0 Å². The van der Waals surface area contributed by atoms with Crippen molar-refractivity contribution in [2.45, 2.75) is 65.6 Å². The Morgan fingerprint density at radius 1 is 1.19 bits per heavy atom. The fourth-order valence-corrected chi connectivity index (χ4v) is 3.81. The molecular formula is C23H32N4O4. The maximum Gasteiger partial charge on any atom is 0.410 e. The summed E-state index contributed by atoms with van der Waals surface area (Å²) in [5.41, 5.74) is -0.510. The van der Waals surface area contributed by atoms with Gasteiger partial charge in [0.1, 0.15) is 5.60 Å². The fourth-order valence-electron chi connectivity index (χ4n) is 3.81. The van der Waals surface area contributed by atoms with Crippen LogP contribution in [0, 0.1) is 5.92 Å². The first-order valence-electron chi connectivity index (χ1n) is 10.8. The lowest BCUT2D eigenvalue weighted by Crippen LogP contribution is -2.52. The second-order valence-corrected chi connectivity index (χ2v) is 9.51. The van der Waals surface area contributed by atoms with Crippen molar-refractivity contribution < 1.29 is 14.3 Å².